The highest BCUT2D eigenvalue weighted by Crippen LogP contribution is 2.24. The first-order valence-electron chi connectivity index (χ1n) is 9.45. The number of piperidine rings is 1. The van der Waals surface area contributed by atoms with E-state index in [1.165, 1.54) is 0 Å². The molecule has 3 rings (SSSR count). The van der Waals surface area contributed by atoms with E-state index in [0.29, 0.717) is 37.5 Å². The van der Waals surface area contributed by atoms with E-state index < -0.39 is 0 Å². The van der Waals surface area contributed by atoms with Gasteiger partial charge in [-0.3, -0.25) is 14.4 Å². The molecule has 2 fully saturated rings. The Labute approximate surface area is 153 Å². The lowest BCUT2D eigenvalue weighted by molar-refractivity contribution is -0.134. The lowest BCUT2D eigenvalue weighted by atomic mass is 10.0. The number of nitrogens with one attached hydrogen (secondary N) is 2. The van der Waals surface area contributed by atoms with E-state index in [1.807, 2.05) is 0 Å². The Morgan fingerprint density at radius 3 is 2.42 bits per heavy atom. The SMILES string of the molecule is Cc1ccc(C(=O)NC2CCN(C(=O)CNC(=O)C3CCCC3)CC2)o1. The second kappa shape index (κ2) is 8.38. The molecule has 0 aromatic carbocycles. The van der Waals surface area contributed by atoms with Gasteiger partial charge in [-0.25, -0.2) is 0 Å². The zero-order chi connectivity index (χ0) is 18.5. The summed E-state index contributed by atoms with van der Waals surface area (Å²) in [6, 6.07) is 3.46. The number of carbonyl (C=O) groups excluding carboxylic acids is 3. The van der Waals surface area contributed by atoms with Gasteiger partial charge in [0.2, 0.25) is 11.8 Å². The third kappa shape index (κ3) is 4.65. The van der Waals surface area contributed by atoms with Crippen LogP contribution in [-0.4, -0.2) is 48.3 Å². The second-order valence-corrected chi connectivity index (χ2v) is 7.24. The van der Waals surface area contributed by atoms with Crippen LogP contribution in [0.1, 0.15) is 54.8 Å². The Hall–Kier alpha value is -2.31. The Kier molecular flexibility index (Phi) is 5.96. The number of hydrogen-bond donors (Lipinski definition) is 2. The Morgan fingerprint density at radius 1 is 1.12 bits per heavy atom. The molecule has 0 radical (unpaired) electrons. The van der Waals surface area contributed by atoms with Gasteiger partial charge in [-0.15, -0.1) is 0 Å². The van der Waals surface area contributed by atoms with Crippen LogP contribution in [0.3, 0.4) is 0 Å². The van der Waals surface area contributed by atoms with Crippen LogP contribution in [0.2, 0.25) is 0 Å². The summed E-state index contributed by atoms with van der Waals surface area (Å²) in [4.78, 5) is 38.2. The highest BCUT2D eigenvalue weighted by atomic mass is 16.3. The lowest BCUT2D eigenvalue weighted by Gasteiger charge is -2.32. The van der Waals surface area contributed by atoms with Crippen molar-refractivity contribution in [2.45, 2.75) is 51.5 Å². The van der Waals surface area contributed by atoms with Crippen molar-refractivity contribution in [3.8, 4) is 0 Å². The predicted octanol–water partition coefficient (Wildman–Crippen LogP) is 1.62. The molecule has 1 aliphatic heterocycles. The van der Waals surface area contributed by atoms with Gasteiger partial charge in [0.15, 0.2) is 5.76 Å². The van der Waals surface area contributed by atoms with Gasteiger partial charge in [-0.2, -0.15) is 0 Å². The van der Waals surface area contributed by atoms with Crippen LogP contribution in [0.15, 0.2) is 16.5 Å². The molecule has 0 atom stereocenters. The number of likely N-dealkylation sites (tertiary alicyclic amines) is 1. The summed E-state index contributed by atoms with van der Waals surface area (Å²) < 4.78 is 5.33. The number of carbonyl (C=O) groups is 3. The van der Waals surface area contributed by atoms with E-state index in [4.69, 9.17) is 4.42 Å². The molecule has 1 saturated carbocycles. The lowest BCUT2D eigenvalue weighted by Crippen LogP contribution is -2.49. The summed E-state index contributed by atoms with van der Waals surface area (Å²) in [6.45, 7) is 3.03. The molecule has 1 saturated heterocycles. The van der Waals surface area contributed by atoms with Gasteiger partial charge < -0.3 is 20.0 Å². The molecule has 1 aliphatic carbocycles. The van der Waals surface area contributed by atoms with Crippen LogP contribution in [-0.2, 0) is 9.59 Å². The van der Waals surface area contributed by atoms with Crippen LogP contribution in [0.25, 0.3) is 0 Å². The minimum Gasteiger partial charge on any atom is -0.456 e. The maximum Gasteiger partial charge on any atom is 0.287 e. The Bertz CT molecular complexity index is 655. The fourth-order valence-electron chi connectivity index (χ4n) is 3.69. The van der Waals surface area contributed by atoms with Crippen molar-refractivity contribution >= 4 is 17.7 Å². The van der Waals surface area contributed by atoms with Crippen molar-refractivity contribution in [1.29, 1.82) is 0 Å². The number of amides is 3. The highest BCUT2D eigenvalue weighted by Gasteiger charge is 2.26. The molecule has 1 aromatic heterocycles. The fourth-order valence-corrected chi connectivity index (χ4v) is 3.69. The molecular formula is C19H27N3O4. The van der Waals surface area contributed by atoms with Crippen molar-refractivity contribution < 1.29 is 18.8 Å². The first-order chi connectivity index (χ1) is 12.5. The molecule has 2 N–H and O–H groups in total. The first kappa shape index (κ1) is 18.5. The fraction of sp³-hybridized carbons (Fsp3) is 0.632. The summed E-state index contributed by atoms with van der Waals surface area (Å²) in [5.41, 5.74) is 0. The molecular weight excluding hydrogens is 334 g/mol. The summed E-state index contributed by atoms with van der Waals surface area (Å²) in [5.74, 6) is 0.834. The number of aryl methyl sites for hydroxylation is 1. The smallest absolute Gasteiger partial charge is 0.287 e. The third-order valence-electron chi connectivity index (χ3n) is 5.29. The number of rotatable bonds is 5. The van der Waals surface area contributed by atoms with E-state index in [1.54, 1.807) is 24.0 Å². The zero-order valence-corrected chi connectivity index (χ0v) is 15.3. The summed E-state index contributed by atoms with van der Waals surface area (Å²) in [6.07, 6.45) is 5.47. The molecule has 1 aromatic rings. The number of nitrogens with zero attached hydrogens (tertiary/aromatic N) is 1. The molecule has 7 nitrogen and oxygen atoms in total. The number of furan rings is 1. The average Bonchev–Trinajstić information content (AvgIpc) is 3.31. The molecule has 2 aliphatic rings. The first-order valence-corrected chi connectivity index (χ1v) is 9.45. The number of hydrogen-bond acceptors (Lipinski definition) is 4. The van der Waals surface area contributed by atoms with E-state index in [2.05, 4.69) is 10.6 Å². The molecule has 142 valence electrons. The monoisotopic (exact) mass is 361 g/mol. The molecule has 7 heteroatoms. The van der Waals surface area contributed by atoms with Crippen LogP contribution in [0.4, 0.5) is 0 Å². The zero-order valence-electron chi connectivity index (χ0n) is 15.3. The maximum atomic E-state index is 12.3. The minimum absolute atomic E-state index is 0.00624. The van der Waals surface area contributed by atoms with Gasteiger partial charge in [-0.05, 0) is 44.7 Å². The summed E-state index contributed by atoms with van der Waals surface area (Å²) in [7, 11) is 0. The van der Waals surface area contributed by atoms with E-state index in [-0.39, 0.29) is 36.2 Å². The van der Waals surface area contributed by atoms with Crippen LogP contribution < -0.4 is 10.6 Å². The van der Waals surface area contributed by atoms with Gasteiger partial charge >= 0.3 is 0 Å². The maximum absolute atomic E-state index is 12.3. The normalized spacial score (nSPS) is 18.7. The molecule has 26 heavy (non-hydrogen) atoms. The van der Waals surface area contributed by atoms with Crippen LogP contribution >= 0.6 is 0 Å². The molecule has 0 unspecified atom stereocenters. The van der Waals surface area contributed by atoms with E-state index >= 15 is 0 Å². The van der Waals surface area contributed by atoms with Gasteiger partial charge in [0, 0.05) is 25.0 Å². The third-order valence-corrected chi connectivity index (χ3v) is 5.29. The second-order valence-electron chi connectivity index (χ2n) is 7.24. The average molecular weight is 361 g/mol. The molecule has 0 bridgehead atoms. The highest BCUT2D eigenvalue weighted by molar-refractivity contribution is 5.91. The minimum atomic E-state index is -0.216. The molecule has 0 spiro atoms. The van der Waals surface area contributed by atoms with Crippen molar-refractivity contribution in [3.63, 3.8) is 0 Å². The summed E-state index contributed by atoms with van der Waals surface area (Å²) >= 11 is 0. The van der Waals surface area contributed by atoms with Crippen molar-refractivity contribution in [3.05, 3.63) is 23.7 Å². The largest absolute Gasteiger partial charge is 0.456 e. The molecule has 3 amide bonds. The van der Waals surface area contributed by atoms with Gasteiger partial charge in [-0.1, -0.05) is 12.8 Å². The quantitative estimate of drug-likeness (QED) is 0.834. The summed E-state index contributed by atoms with van der Waals surface area (Å²) in [5, 5.41) is 5.73. The van der Waals surface area contributed by atoms with Crippen molar-refractivity contribution in [2.75, 3.05) is 19.6 Å². The Balaban J connectivity index is 1.38. The van der Waals surface area contributed by atoms with Crippen LogP contribution in [0, 0.1) is 12.8 Å². The standard InChI is InChI=1S/C19H27N3O4/c1-13-6-7-16(26-13)19(25)21-15-8-10-22(11-9-15)17(23)12-20-18(24)14-4-2-3-5-14/h6-7,14-15H,2-5,8-12H2,1H3,(H,20,24)(H,21,25). The van der Waals surface area contributed by atoms with Gasteiger partial charge in [0.05, 0.1) is 6.54 Å². The topological polar surface area (TPSA) is 91.7 Å². The van der Waals surface area contributed by atoms with E-state index in [0.717, 1.165) is 25.7 Å². The Morgan fingerprint density at radius 2 is 1.81 bits per heavy atom. The van der Waals surface area contributed by atoms with Crippen molar-refractivity contribution in [2.24, 2.45) is 5.92 Å². The van der Waals surface area contributed by atoms with Gasteiger partial charge in [0.1, 0.15) is 5.76 Å². The van der Waals surface area contributed by atoms with Crippen LogP contribution in [0.5, 0.6) is 0 Å². The molecule has 2 heterocycles. The van der Waals surface area contributed by atoms with E-state index in [9.17, 15) is 14.4 Å². The van der Waals surface area contributed by atoms with Crippen molar-refractivity contribution in [1.82, 2.24) is 15.5 Å². The predicted molar refractivity (Wildman–Crippen MR) is 95.5 cm³/mol. The van der Waals surface area contributed by atoms with Gasteiger partial charge in [0.25, 0.3) is 5.91 Å².